The minimum Gasteiger partial charge on any atom is -0.495 e. The summed E-state index contributed by atoms with van der Waals surface area (Å²) in [7, 11) is 1.59. The highest BCUT2D eigenvalue weighted by Crippen LogP contribution is 2.25. The van der Waals surface area contributed by atoms with Crippen molar-refractivity contribution >= 4 is 29.4 Å². The van der Waals surface area contributed by atoms with E-state index in [1.807, 2.05) is 53.1 Å². The second-order valence-corrected chi connectivity index (χ2v) is 10.0. The highest BCUT2D eigenvalue weighted by molar-refractivity contribution is 7.99. The quantitative estimate of drug-likeness (QED) is 0.561. The number of rotatable bonds is 8. The molecule has 32 heavy (non-hydrogen) atoms. The molecule has 0 spiro atoms. The van der Waals surface area contributed by atoms with Crippen molar-refractivity contribution in [1.29, 1.82) is 0 Å². The van der Waals surface area contributed by atoms with Crippen LogP contribution in [0.25, 0.3) is 0 Å². The van der Waals surface area contributed by atoms with Gasteiger partial charge in [-0.2, -0.15) is 0 Å². The number of thioether (sulfide) groups is 1. The van der Waals surface area contributed by atoms with Crippen LogP contribution < -0.4 is 15.4 Å². The molecule has 3 amide bonds. The summed E-state index contributed by atoms with van der Waals surface area (Å²) in [5.74, 6) is 1.08. The van der Waals surface area contributed by atoms with Crippen molar-refractivity contribution in [3.63, 3.8) is 0 Å². The zero-order valence-electron chi connectivity index (χ0n) is 19.1. The maximum absolute atomic E-state index is 12.6. The molecule has 0 aromatic heterocycles. The maximum atomic E-state index is 12.6. The summed E-state index contributed by atoms with van der Waals surface area (Å²) in [4.78, 5) is 28.0. The molecular formula is C25H33N3O3S. The van der Waals surface area contributed by atoms with Gasteiger partial charge in [0.25, 0.3) is 0 Å². The van der Waals surface area contributed by atoms with Gasteiger partial charge < -0.3 is 20.3 Å². The van der Waals surface area contributed by atoms with E-state index < -0.39 is 0 Å². The molecule has 1 fully saturated rings. The normalized spacial score (nSPS) is 14.3. The van der Waals surface area contributed by atoms with Crippen LogP contribution in [-0.4, -0.2) is 48.8 Å². The third-order valence-electron chi connectivity index (χ3n) is 5.50. The molecule has 0 atom stereocenters. The smallest absolute Gasteiger partial charge is 0.321 e. The third kappa shape index (κ3) is 7.19. The van der Waals surface area contributed by atoms with Crippen LogP contribution >= 0.6 is 11.8 Å². The molecular weight excluding hydrogens is 422 g/mol. The van der Waals surface area contributed by atoms with Crippen LogP contribution in [0.4, 0.5) is 10.5 Å². The van der Waals surface area contributed by atoms with Gasteiger partial charge in [-0.15, -0.1) is 11.8 Å². The third-order valence-corrected chi connectivity index (χ3v) is 6.51. The average molecular weight is 456 g/mol. The predicted molar refractivity (Wildman–Crippen MR) is 130 cm³/mol. The van der Waals surface area contributed by atoms with Gasteiger partial charge in [0.2, 0.25) is 5.91 Å². The zero-order valence-corrected chi connectivity index (χ0v) is 19.9. The Bertz CT molecular complexity index is 894. The molecule has 7 heteroatoms. The van der Waals surface area contributed by atoms with Gasteiger partial charge in [0.05, 0.1) is 19.2 Å². The minimum absolute atomic E-state index is 0.0469. The van der Waals surface area contributed by atoms with Crippen molar-refractivity contribution in [2.24, 2.45) is 5.92 Å². The SMILES string of the molecule is COc1ccccc1NC(=O)N1CCC(CNC(=O)Cc2ccc(SC(C)C)cc2)CC1. The highest BCUT2D eigenvalue weighted by atomic mass is 32.2. The monoisotopic (exact) mass is 455 g/mol. The first-order valence-electron chi connectivity index (χ1n) is 11.2. The van der Waals surface area contributed by atoms with Crippen molar-refractivity contribution in [2.75, 3.05) is 32.1 Å². The second-order valence-electron chi connectivity index (χ2n) is 8.35. The molecule has 2 aromatic rings. The van der Waals surface area contributed by atoms with Gasteiger partial charge in [0, 0.05) is 29.8 Å². The number of nitrogens with one attached hydrogen (secondary N) is 2. The standard InChI is InChI=1S/C25H33N3O3S/c1-18(2)32-21-10-8-19(9-11-21)16-24(29)26-17-20-12-14-28(15-13-20)25(30)27-22-6-4-5-7-23(22)31-3/h4-11,18,20H,12-17H2,1-3H3,(H,26,29)(H,27,30). The molecule has 1 aliphatic heterocycles. The Labute approximate surface area is 195 Å². The van der Waals surface area contributed by atoms with Gasteiger partial charge in [0.1, 0.15) is 5.75 Å². The number of amides is 3. The molecule has 1 saturated heterocycles. The van der Waals surface area contributed by atoms with Gasteiger partial charge >= 0.3 is 6.03 Å². The number of piperidine rings is 1. The Kier molecular flexibility index (Phi) is 8.85. The van der Waals surface area contributed by atoms with E-state index in [-0.39, 0.29) is 11.9 Å². The number of nitrogens with zero attached hydrogens (tertiary/aromatic N) is 1. The maximum Gasteiger partial charge on any atom is 0.321 e. The number of hydrogen-bond donors (Lipinski definition) is 2. The topological polar surface area (TPSA) is 70.7 Å². The van der Waals surface area contributed by atoms with Crippen LogP contribution in [-0.2, 0) is 11.2 Å². The summed E-state index contributed by atoms with van der Waals surface area (Å²) in [5, 5.41) is 6.54. The Morgan fingerprint density at radius 3 is 2.44 bits per heavy atom. The number of para-hydroxylation sites is 2. The lowest BCUT2D eigenvalue weighted by molar-refractivity contribution is -0.120. The van der Waals surface area contributed by atoms with E-state index in [4.69, 9.17) is 4.74 Å². The lowest BCUT2D eigenvalue weighted by atomic mass is 9.97. The molecule has 6 nitrogen and oxygen atoms in total. The molecule has 0 saturated carbocycles. The summed E-state index contributed by atoms with van der Waals surface area (Å²) >= 11 is 1.82. The number of ether oxygens (including phenoxy) is 1. The van der Waals surface area contributed by atoms with E-state index in [9.17, 15) is 9.59 Å². The van der Waals surface area contributed by atoms with Crippen molar-refractivity contribution in [1.82, 2.24) is 10.2 Å². The zero-order chi connectivity index (χ0) is 22.9. The fourth-order valence-corrected chi connectivity index (χ4v) is 4.58. The van der Waals surface area contributed by atoms with Gasteiger partial charge in [-0.1, -0.05) is 38.1 Å². The summed E-state index contributed by atoms with van der Waals surface area (Å²) in [5.41, 5.74) is 1.70. The van der Waals surface area contributed by atoms with E-state index in [1.54, 1.807) is 7.11 Å². The van der Waals surface area contributed by atoms with Crippen LogP contribution in [0.2, 0.25) is 0 Å². The van der Waals surface area contributed by atoms with E-state index >= 15 is 0 Å². The summed E-state index contributed by atoms with van der Waals surface area (Å²) in [6, 6.07) is 15.5. The number of benzene rings is 2. The van der Waals surface area contributed by atoms with Crippen LogP contribution in [0.3, 0.4) is 0 Å². The summed E-state index contributed by atoms with van der Waals surface area (Å²) in [6.45, 7) is 6.35. The van der Waals surface area contributed by atoms with Crippen molar-refractivity contribution in [3.8, 4) is 5.75 Å². The van der Waals surface area contributed by atoms with Gasteiger partial charge in [0.15, 0.2) is 0 Å². The van der Waals surface area contributed by atoms with E-state index in [1.165, 1.54) is 4.90 Å². The Balaban J connectivity index is 1.38. The van der Waals surface area contributed by atoms with E-state index in [2.05, 4.69) is 36.6 Å². The summed E-state index contributed by atoms with van der Waals surface area (Å²) in [6.07, 6.45) is 2.15. The fraction of sp³-hybridized carbons (Fsp3) is 0.440. The molecule has 0 radical (unpaired) electrons. The van der Waals surface area contributed by atoms with Crippen molar-refractivity contribution in [2.45, 2.75) is 43.3 Å². The minimum atomic E-state index is -0.115. The van der Waals surface area contributed by atoms with Gasteiger partial charge in [-0.05, 0) is 48.6 Å². The second kappa shape index (κ2) is 11.8. The molecule has 0 bridgehead atoms. The summed E-state index contributed by atoms with van der Waals surface area (Å²) < 4.78 is 5.29. The Morgan fingerprint density at radius 2 is 1.78 bits per heavy atom. The number of carbonyl (C=O) groups is 2. The number of methoxy groups -OCH3 is 1. The number of likely N-dealkylation sites (tertiary alicyclic amines) is 1. The number of urea groups is 1. The molecule has 0 unspecified atom stereocenters. The molecule has 0 aliphatic carbocycles. The van der Waals surface area contributed by atoms with Gasteiger partial charge in [-0.25, -0.2) is 4.79 Å². The molecule has 1 heterocycles. The molecule has 2 aromatic carbocycles. The average Bonchev–Trinajstić information content (AvgIpc) is 2.79. The lowest BCUT2D eigenvalue weighted by Crippen LogP contribution is -2.43. The van der Waals surface area contributed by atoms with Crippen LogP contribution in [0.5, 0.6) is 5.75 Å². The number of anilines is 1. The fourth-order valence-electron chi connectivity index (χ4n) is 3.75. The Hall–Kier alpha value is -2.67. The van der Waals surface area contributed by atoms with Crippen molar-refractivity contribution < 1.29 is 14.3 Å². The van der Waals surface area contributed by atoms with Gasteiger partial charge in [-0.3, -0.25) is 4.79 Å². The molecule has 2 N–H and O–H groups in total. The first kappa shape index (κ1) is 24.0. The number of hydrogen-bond acceptors (Lipinski definition) is 4. The van der Waals surface area contributed by atoms with E-state index in [0.717, 1.165) is 18.4 Å². The van der Waals surface area contributed by atoms with Crippen LogP contribution in [0.1, 0.15) is 32.3 Å². The highest BCUT2D eigenvalue weighted by Gasteiger charge is 2.23. The molecule has 1 aliphatic rings. The Morgan fingerprint density at radius 1 is 1.09 bits per heavy atom. The number of carbonyl (C=O) groups excluding carboxylic acids is 2. The first-order valence-corrected chi connectivity index (χ1v) is 12.0. The van der Waals surface area contributed by atoms with Crippen LogP contribution in [0.15, 0.2) is 53.4 Å². The largest absolute Gasteiger partial charge is 0.495 e. The molecule has 172 valence electrons. The first-order chi connectivity index (χ1) is 15.4. The van der Waals surface area contributed by atoms with E-state index in [0.29, 0.717) is 48.7 Å². The molecule has 3 rings (SSSR count). The van der Waals surface area contributed by atoms with Crippen molar-refractivity contribution in [3.05, 3.63) is 54.1 Å². The lowest BCUT2D eigenvalue weighted by Gasteiger charge is -2.32. The van der Waals surface area contributed by atoms with Crippen LogP contribution in [0, 0.1) is 5.92 Å². The predicted octanol–water partition coefficient (Wildman–Crippen LogP) is 4.80.